The molecule has 1 saturated heterocycles. The van der Waals surface area contributed by atoms with Gasteiger partial charge in [0.25, 0.3) is 0 Å². The molecular formula is C13H18N4S. The van der Waals surface area contributed by atoms with Crippen LogP contribution in [0.4, 0.5) is 0 Å². The first kappa shape index (κ1) is 12.0. The van der Waals surface area contributed by atoms with Gasteiger partial charge in [0.1, 0.15) is 0 Å². The van der Waals surface area contributed by atoms with Crippen LogP contribution in [0.2, 0.25) is 0 Å². The maximum absolute atomic E-state index is 5.93. The Balaban J connectivity index is 1.82. The van der Waals surface area contributed by atoms with Crippen LogP contribution in [-0.4, -0.2) is 33.2 Å². The van der Waals surface area contributed by atoms with E-state index in [1.165, 1.54) is 15.8 Å². The Labute approximate surface area is 111 Å². The zero-order chi connectivity index (χ0) is 12.5. The van der Waals surface area contributed by atoms with E-state index in [4.69, 9.17) is 5.73 Å². The first-order valence-electron chi connectivity index (χ1n) is 6.33. The Morgan fingerprint density at radius 1 is 1.33 bits per heavy atom. The lowest BCUT2D eigenvalue weighted by Crippen LogP contribution is -2.36. The lowest BCUT2D eigenvalue weighted by Gasteiger charge is -2.28. The summed E-state index contributed by atoms with van der Waals surface area (Å²) in [6, 6.07) is 6.76. The van der Waals surface area contributed by atoms with Crippen molar-refractivity contribution in [1.29, 1.82) is 0 Å². The summed E-state index contributed by atoms with van der Waals surface area (Å²) >= 11 is 1.83. The van der Waals surface area contributed by atoms with Crippen molar-refractivity contribution in [1.82, 2.24) is 14.1 Å². The van der Waals surface area contributed by atoms with E-state index in [0.717, 1.165) is 25.9 Å². The van der Waals surface area contributed by atoms with Crippen molar-refractivity contribution in [2.45, 2.75) is 23.8 Å². The van der Waals surface area contributed by atoms with E-state index in [1.807, 2.05) is 29.9 Å². The predicted octanol–water partition coefficient (Wildman–Crippen LogP) is 2.00. The van der Waals surface area contributed by atoms with Crippen molar-refractivity contribution in [2.24, 2.45) is 12.8 Å². The monoisotopic (exact) mass is 262 g/mol. The van der Waals surface area contributed by atoms with Gasteiger partial charge in [0.05, 0.1) is 11.7 Å². The van der Waals surface area contributed by atoms with Crippen LogP contribution in [0.25, 0.3) is 10.9 Å². The topological polar surface area (TPSA) is 47.1 Å². The van der Waals surface area contributed by atoms with E-state index < -0.39 is 0 Å². The second-order valence-corrected chi connectivity index (χ2v) is 5.95. The molecule has 5 heteroatoms. The number of piperidine rings is 1. The van der Waals surface area contributed by atoms with Crippen molar-refractivity contribution in [3.05, 3.63) is 24.4 Å². The Kier molecular flexibility index (Phi) is 3.28. The maximum atomic E-state index is 5.93. The van der Waals surface area contributed by atoms with Gasteiger partial charge >= 0.3 is 0 Å². The van der Waals surface area contributed by atoms with Crippen molar-refractivity contribution in [2.75, 3.05) is 13.1 Å². The standard InChI is InChI=1S/C13H18N4S/c1-16-12-3-2-4-13(11(12)9-15-16)18-17-7-5-10(14)6-8-17/h2-4,9-10H,5-8,14H2,1H3. The van der Waals surface area contributed by atoms with E-state index in [2.05, 4.69) is 27.6 Å². The number of nitrogens with zero attached hydrogens (tertiary/aromatic N) is 3. The SMILES string of the molecule is Cn1ncc2c(SN3CCC(N)CC3)cccc21. The third kappa shape index (κ3) is 2.25. The lowest BCUT2D eigenvalue weighted by molar-refractivity contribution is 0.346. The van der Waals surface area contributed by atoms with E-state index >= 15 is 0 Å². The fourth-order valence-electron chi connectivity index (χ4n) is 2.34. The van der Waals surface area contributed by atoms with Crippen LogP contribution in [0.5, 0.6) is 0 Å². The van der Waals surface area contributed by atoms with Crippen LogP contribution in [0.3, 0.4) is 0 Å². The fraction of sp³-hybridized carbons (Fsp3) is 0.462. The summed E-state index contributed by atoms with van der Waals surface area (Å²) in [5.41, 5.74) is 7.12. The Morgan fingerprint density at radius 2 is 2.11 bits per heavy atom. The minimum atomic E-state index is 0.385. The van der Waals surface area contributed by atoms with Gasteiger partial charge in [0.15, 0.2) is 0 Å². The smallest absolute Gasteiger partial charge is 0.0690 e. The maximum Gasteiger partial charge on any atom is 0.0690 e. The highest BCUT2D eigenvalue weighted by molar-refractivity contribution is 7.97. The van der Waals surface area contributed by atoms with E-state index in [-0.39, 0.29) is 0 Å². The van der Waals surface area contributed by atoms with Gasteiger partial charge < -0.3 is 5.73 Å². The lowest BCUT2D eigenvalue weighted by atomic mass is 10.1. The van der Waals surface area contributed by atoms with Gasteiger partial charge in [0.2, 0.25) is 0 Å². The number of aryl methyl sites for hydroxylation is 1. The molecule has 0 atom stereocenters. The second kappa shape index (κ2) is 4.91. The molecule has 18 heavy (non-hydrogen) atoms. The normalized spacial score (nSPS) is 18.6. The highest BCUT2D eigenvalue weighted by Gasteiger charge is 2.18. The molecule has 0 bridgehead atoms. The van der Waals surface area contributed by atoms with Gasteiger partial charge in [0, 0.05) is 36.5 Å². The van der Waals surface area contributed by atoms with Crippen LogP contribution in [0.1, 0.15) is 12.8 Å². The zero-order valence-corrected chi connectivity index (χ0v) is 11.4. The average molecular weight is 262 g/mol. The molecule has 0 spiro atoms. The Morgan fingerprint density at radius 3 is 2.89 bits per heavy atom. The Hall–Kier alpha value is -1.04. The highest BCUT2D eigenvalue weighted by Crippen LogP contribution is 2.31. The molecule has 1 fully saturated rings. The molecule has 3 rings (SSSR count). The summed E-state index contributed by atoms with van der Waals surface area (Å²) in [7, 11) is 1.98. The van der Waals surface area contributed by atoms with Crippen LogP contribution < -0.4 is 5.73 Å². The zero-order valence-electron chi connectivity index (χ0n) is 10.5. The molecule has 4 nitrogen and oxygen atoms in total. The molecule has 0 aliphatic carbocycles. The third-order valence-electron chi connectivity index (χ3n) is 3.48. The van der Waals surface area contributed by atoms with E-state index in [9.17, 15) is 0 Å². The van der Waals surface area contributed by atoms with Gasteiger partial charge in [-0.1, -0.05) is 6.07 Å². The number of hydrogen-bond donors (Lipinski definition) is 1. The molecule has 96 valence electrons. The van der Waals surface area contributed by atoms with Crippen molar-refractivity contribution < 1.29 is 0 Å². The fourth-order valence-corrected chi connectivity index (χ4v) is 3.40. The van der Waals surface area contributed by atoms with Crippen molar-refractivity contribution >= 4 is 22.9 Å². The summed E-state index contributed by atoms with van der Waals surface area (Å²) in [6.07, 6.45) is 4.14. The number of aromatic nitrogens is 2. The summed E-state index contributed by atoms with van der Waals surface area (Å²) in [5.74, 6) is 0. The quantitative estimate of drug-likeness (QED) is 0.841. The van der Waals surface area contributed by atoms with E-state index in [0.29, 0.717) is 6.04 Å². The van der Waals surface area contributed by atoms with Crippen molar-refractivity contribution in [3.63, 3.8) is 0 Å². The van der Waals surface area contributed by atoms with Crippen LogP contribution in [0.15, 0.2) is 29.3 Å². The minimum absolute atomic E-state index is 0.385. The molecule has 1 aromatic heterocycles. The molecule has 2 aromatic rings. The van der Waals surface area contributed by atoms with Gasteiger partial charge in [-0.3, -0.25) is 4.68 Å². The summed E-state index contributed by atoms with van der Waals surface area (Å²) in [6.45, 7) is 2.14. The van der Waals surface area contributed by atoms with Gasteiger partial charge in [-0.25, -0.2) is 4.31 Å². The Bertz CT molecular complexity index is 543. The van der Waals surface area contributed by atoms with E-state index in [1.54, 1.807) is 0 Å². The van der Waals surface area contributed by atoms with Crippen LogP contribution in [0, 0.1) is 0 Å². The van der Waals surface area contributed by atoms with Crippen LogP contribution in [-0.2, 0) is 7.05 Å². The summed E-state index contributed by atoms with van der Waals surface area (Å²) in [5, 5.41) is 5.56. The van der Waals surface area contributed by atoms with Gasteiger partial charge in [-0.2, -0.15) is 5.10 Å². The molecule has 1 aliphatic heterocycles. The number of hydrogen-bond acceptors (Lipinski definition) is 4. The molecule has 1 aliphatic rings. The number of rotatable bonds is 2. The molecule has 2 N–H and O–H groups in total. The molecule has 0 amide bonds. The molecule has 0 radical (unpaired) electrons. The summed E-state index contributed by atoms with van der Waals surface area (Å²) < 4.78 is 4.33. The largest absolute Gasteiger partial charge is 0.328 e. The van der Waals surface area contributed by atoms with Gasteiger partial charge in [-0.15, -0.1) is 0 Å². The first-order chi connectivity index (χ1) is 8.74. The number of nitrogens with two attached hydrogens (primary N) is 1. The summed E-state index contributed by atoms with van der Waals surface area (Å²) in [4.78, 5) is 1.29. The average Bonchev–Trinajstić information content (AvgIpc) is 2.76. The molecule has 2 heterocycles. The highest BCUT2D eigenvalue weighted by atomic mass is 32.2. The third-order valence-corrected chi connectivity index (χ3v) is 4.65. The van der Waals surface area contributed by atoms with Crippen LogP contribution >= 0.6 is 11.9 Å². The molecular weight excluding hydrogens is 244 g/mol. The number of benzene rings is 1. The molecule has 0 unspecified atom stereocenters. The number of fused-ring (bicyclic) bond motifs is 1. The van der Waals surface area contributed by atoms with Gasteiger partial charge in [-0.05, 0) is 36.9 Å². The van der Waals surface area contributed by atoms with Crippen molar-refractivity contribution in [3.8, 4) is 0 Å². The minimum Gasteiger partial charge on any atom is -0.328 e. The predicted molar refractivity (Wildman–Crippen MR) is 75.4 cm³/mol. The first-order valence-corrected chi connectivity index (χ1v) is 7.10. The molecule has 0 saturated carbocycles. The molecule has 1 aromatic carbocycles. The second-order valence-electron chi connectivity index (χ2n) is 4.81.